The molecule has 0 fully saturated rings. The van der Waals surface area contributed by atoms with Crippen LogP contribution in [-0.2, 0) is 6.42 Å². The van der Waals surface area contributed by atoms with Crippen molar-refractivity contribution in [1.29, 1.82) is 0 Å². The molecule has 2 N–H and O–H groups in total. The highest BCUT2D eigenvalue weighted by Crippen LogP contribution is 2.29. The summed E-state index contributed by atoms with van der Waals surface area (Å²) in [6.45, 7) is 5.74. The molecule has 2 rings (SSSR count). The lowest BCUT2D eigenvalue weighted by Gasteiger charge is -2.37. The number of amides is 2. The van der Waals surface area contributed by atoms with Gasteiger partial charge in [-0.15, -0.1) is 0 Å². The molecule has 0 spiro atoms. The molecule has 0 radical (unpaired) electrons. The van der Waals surface area contributed by atoms with Gasteiger partial charge >= 0.3 is 6.03 Å². The molecule has 1 aromatic carbocycles. The number of amidine groups is 1. The number of hydrogen-bond acceptors (Lipinski definition) is 2. The Balaban J connectivity index is 2.32. The van der Waals surface area contributed by atoms with Gasteiger partial charge in [0, 0.05) is 12.5 Å². The second kappa shape index (κ2) is 4.64. The first-order valence-corrected chi connectivity index (χ1v) is 6.27. The minimum atomic E-state index is -0.650. The van der Waals surface area contributed by atoms with Crippen molar-refractivity contribution in [2.45, 2.75) is 38.8 Å². The summed E-state index contributed by atoms with van der Waals surface area (Å²) in [6, 6.07) is 5.91. The van der Waals surface area contributed by atoms with E-state index in [-0.39, 0.29) is 17.9 Å². The van der Waals surface area contributed by atoms with Crippen molar-refractivity contribution in [3.63, 3.8) is 0 Å². The Hall–Kier alpha value is -1.91. The molecule has 1 aliphatic heterocycles. The lowest BCUT2D eigenvalue weighted by Crippen LogP contribution is -2.55. The standard InChI is InChI=1S/C14H18FN3O/c1-9(2)18-13(19)17-12(16)14(18,3)8-10-4-6-11(15)7-5-10/h4-7,9H,8H2,1-3H3,(H2,16,17,19). The van der Waals surface area contributed by atoms with Crippen molar-refractivity contribution in [3.8, 4) is 0 Å². The number of halogens is 1. The van der Waals surface area contributed by atoms with E-state index in [1.807, 2.05) is 20.8 Å². The zero-order valence-corrected chi connectivity index (χ0v) is 11.4. The Morgan fingerprint density at radius 3 is 2.47 bits per heavy atom. The molecular weight excluding hydrogens is 245 g/mol. The van der Waals surface area contributed by atoms with Gasteiger partial charge in [0.15, 0.2) is 0 Å². The molecule has 4 nitrogen and oxygen atoms in total. The minimum Gasteiger partial charge on any atom is -0.385 e. The lowest BCUT2D eigenvalue weighted by atomic mass is 9.90. The van der Waals surface area contributed by atoms with Gasteiger partial charge in [-0.1, -0.05) is 12.1 Å². The van der Waals surface area contributed by atoms with E-state index in [1.54, 1.807) is 17.0 Å². The van der Waals surface area contributed by atoms with E-state index >= 15 is 0 Å². The van der Waals surface area contributed by atoms with Crippen molar-refractivity contribution in [3.05, 3.63) is 35.6 Å². The SMILES string of the molecule is CC(C)N1C(=O)N=C(N)C1(C)Cc1ccc(F)cc1. The molecule has 0 saturated heterocycles. The van der Waals surface area contributed by atoms with Gasteiger partial charge in [0.05, 0.1) is 0 Å². The highest BCUT2D eigenvalue weighted by atomic mass is 19.1. The largest absolute Gasteiger partial charge is 0.385 e. The maximum atomic E-state index is 12.9. The monoisotopic (exact) mass is 263 g/mol. The fourth-order valence-corrected chi connectivity index (χ4v) is 2.58. The number of urea groups is 1. The summed E-state index contributed by atoms with van der Waals surface area (Å²) in [7, 11) is 0. The summed E-state index contributed by atoms with van der Waals surface area (Å²) in [5.41, 5.74) is 6.19. The highest BCUT2D eigenvalue weighted by Gasteiger charge is 2.45. The predicted molar refractivity (Wildman–Crippen MR) is 72.5 cm³/mol. The summed E-state index contributed by atoms with van der Waals surface area (Å²) in [5, 5.41) is 0. The predicted octanol–water partition coefficient (Wildman–Crippen LogP) is 2.33. The number of benzene rings is 1. The van der Waals surface area contributed by atoms with Crippen molar-refractivity contribution in [2.75, 3.05) is 0 Å². The van der Waals surface area contributed by atoms with Crippen molar-refractivity contribution >= 4 is 11.9 Å². The van der Waals surface area contributed by atoms with Crippen molar-refractivity contribution in [2.24, 2.45) is 10.7 Å². The molecule has 1 atom stereocenters. The van der Waals surface area contributed by atoms with E-state index in [2.05, 4.69) is 4.99 Å². The van der Waals surface area contributed by atoms with Gasteiger partial charge in [0.2, 0.25) is 0 Å². The van der Waals surface area contributed by atoms with Gasteiger partial charge < -0.3 is 10.6 Å². The Morgan fingerprint density at radius 1 is 1.37 bits per heavy atom. The molecular formula is C14H18FN3O. The van der Waals surface area contributed by atoms with Crippen molar-refractivity contribution in [1.82, 2.24) is 4.90 Å². The van der Waals surface area contributed by atoms with Gasteiger partial charge in [-0.05, 0) is 38.5 Å². The normalized spacial score (nSPS) is 23.1. The Bertz CT molecular complexity index is 524. The number of carbonyl (C=O) groups is 1. The molecule has 19 heavy (non-hydrogen) atoms. The number of carbonyl (C=O) groups excluding carboxylic acids is 1. The Morgan fingerprint density at radius 2 is 1.95 bits per heavy atom. The molecule has 102 valence electrons. The number of nitrogens with zero attached hydrogens (tertiary/aromatic N) is 2. The summed E-state index contributed by atoms with van der Waals surface area (Å²) >= 11 is 0. The van der Waals surface area contributed by atoms with E-state index in [4.69, 9.17) is 5.73 Å². The first-order chi connectivity index (χ1) is 8.84. The maximum absolute atomic E-state index is 12.9. The van der Waals surface area contributed by atoms with Gasteiger partial charge in [-0.25, -0.2) is 9.18 Å². The fraction of sp³-hybridized carbons (Fsp3) is 0.429. The zero-order chi connectivity index (χ0) is 14.2. The van der Waals surface area contributed by atoms with Crippen LogP contribution in [0.2, 0.25) is 0 Å². The molecule has 1 heterocycles. The van der Waals surface area contributed by atoms with Gasteiger partial charge in [0.1, 0.15) is 17.2 Å². The quantitative estimate of drug-likeness (QED) is 0.909. The van der Waals surface area contributed by atoms with Crippen LogP contribution in [0.15, 0.2) is 29.3 Å². The molecule has 5 heteroatoms. The summed E-state index contributed by atoms with van der Waals surface area (Å²) in [5.74, 6) is 0.0364. The van der Waals surface area contributed by atoms with Crippen LogP contribution in [0.5, 0.6) is 0 Å². The molecule has 0 aromatic heterocycles. The zero-order valence-electron chi connectivity index (χ0n) is 11.4. The Labute approximate surface area is 112 Å². The number of hydrogen-bond donors (Lipinski definition) is 1. The molecule has 0 saturated carbocycles. The molecule has 0 aliphatic carbocycles. The minimum absolute atomic E-state index is 0.00254. The van der Waals surface area contributed by atoms with Gasteiger partial charge in [0.25, 0.3) is 0 Å². The van der Waals surface area contributed by atoms with Gasteiger partial charge in [-0.2, -0.15) is 4.99 Å². The highest BCUT2D eigenvalue weighted by molar-refractivity contribution is 6.05. The topological polar surface area (TPSA) is 58.7 Å². The molecule has 1 unspecified atom stereocenters. The van der Waals surface area contributed by atoms with Crippen LogP contribution in [0.3, 0.4) is 0 Å². The van der Waals surface area contributed by atoms with E-state index in [0.717, 1.165) is 5.56 Å². The van der Waals surface area contributed by atoms with Crippen LogP contribution in [0, 0.1) is 5.82 Å². The fourth-order valence-electron chi connectivity index (χ4n) is 2.58. The van der Waals surface area contributed by atoms with E-state index < -0.39 is 5.54 Å². The second-order valence-electron chi connectivity index (χ2n) is 5.32. The lowest BCUT2D eigenvalue weighted by molar-refractivity contribution is 0.155. The van der Waals surface area contributed by atoms with Crippen LogP contribution in [0.4, 0.5) is 9.18 Å². The first-order valence-electron chi connectivity index (χ1n) is 6.27. The van der Waals surface area contributed by atoms with Crippen LogP contribution in [0.25, 0.3) is 0 Å². The van der Waals surface area contributed by atoms with E-state index in [9.17, 15) is 9.18 Å². The number of aliphatic imine (C=N–C) groups is 1. The second-order valence-corrected chi connectivity index (χ2v) is 5.32. The van der Waals surface area contributed by atoms with Crippen LogP contribution in [-0.4, -0.2) is 28.3 Å². The Kier molecular flexibility index (Phi) is 3.30. The summed E-state index contributed by atoms with van der Waals surface area (Å²) in [4.78, 5) is 17.4. The van der Waals surface area contributed by atoms with E-state index in [1.165, 1.54) is 12.1 Å². The average Bonchev–Trinajstić information content (AvgIpc) is 2.52. The van der Waals surface area contributed by atoms with E-state index in [0.29, 0.717) is 12.3 Å². The molecule has 1 aromatic rings. The summed E-state index contributed by atoms with van der Waals surface area (Å²) in [6.07, 6.45) is 0.520. The van der Waals surface area contributed by atoms with Crippen molar-refractivity contribution < 1.29 is 9.18 Å². The van der Waals surface area contributed by atoms with Crippen LogP contribution in [0.1, 0.15) is 26.3 Å². The van der Waals surface area contributed by atoms with Crippen LogP contribution < -0.4 is 5.73 Å². The maximum Gasteiger partial charge on any atom is 0.346 e. The third kappa shape index (κ3) is 2.32. The number of nitrogens with two attached hydrogens (primary N) is 1. The first kappa shape index (κ1) is 13.5. The third-order valence-corrected chi connectivity index (χ3v) is 3.48. The summed E-state index contributed by atoms with van der Waals surface area (Å²) < 4.78 is 12.9. The average molecular weight is 263 g/mol. The van der Waals surface area contributed by atoms with Crippen LogP contribution >= 0.6 is 0 Å². The smallest absolute Gasteiger partial charge is 0.346 e. The molecule has 0 bridgehead atoms. The molecule has 1 aliphatic rings. The molecule has 2 amide bonds. The number of rotatable bonds is 3. The third-order valence-electron chi connectivity index (χ3n) is 3.48. The van der Waals surface area contributed by atoms with Gasteiger partial charge in [-0.3, -0.25) is 0 Å².